The van der Waals surface area contributed by atoms with Gasteiger partial charge in [0.05, 0.1) is 11.9 Å². The molecule has 0 radical (unpaired) electrons. The topological polar surface area (TPSA) is 46.9 Å². The summed E-state index contributed by atoms with van der Waals surface area (Å²) in [7, 11) is 1.48. The molecule has 0 bridgehead atoms. The fourth-order valence-corrected chi connectivity index (χ4v) is 1.94. The molecule has 1 aromatic heterocycles. The van der Waals surface area contributed by atoms with E-state index < -0.39 is 17.2 Å². The normalized spacial score (nSPS) is 12.2. The first-order chi connectivity index (χ1) is 9.40. The van der Waals surface area contributed by atoms with Crippen molar-refractivity contribution in [2.75, 3.05) is 5.32 Å². The number of benzene rings is 1. The van der Waals surface area contributed by atoms with Crippen molar-refractivity contribution in [2.24, 2.45) is 7.05 Å². The molecule has 0 saturated carbocycles. The summed E-state index contributed by atoms with van der Waals surface area (Å²) >= 11 is 5.92. The van der Waals surface area contributed by atoms with Crippen molar-refractivity contribution in [3.8, 4) is 0 Å². The van der Waals surface area contributed by atoms with Crippen molar-refractivity contribution >= 4 is 17.3 Å². The summed E-state index contributed by atoms with van der Waals surface area (Å²) in [5, 5.41) is 6.78. The van der Waals surface area contributed by atoms with Crippen LogP contribution in [0.2, 0.25) is 5.02 Å². The van der Waals surface area contributed by atoms with Crippen LogP contribution in [-0.2, 0) is 7.05 Å². The van der Waals surface area contributed by atoms with Gasteiger partial charge in [-0.1, -0.05) is 17.7 Å². The Morgan fingerprint density at radius 3 is 2.70 bits per heavy atom. The minimum atomic E-state index is -0.927. The van der Waals surface area contributed by atoms with E-state index in [-0.39, 0.29) is 11.1 Å². The van der Waals surface area contributed by atoms with Crippen LogP contribution in [0.5, 0.6) is 0 Å². The summed E-state index contributed by atoms with van der Waals surface area (Å²) in [6.45, 7) is 1.74. The van der Waals surface area contributed by atoms with Crippen LogP contribution in [-0.4, -0.2) is 9.78 Å². The molecule has 2 aromatic rings. The molecule has 0 saturated heterocycles. The number of aromatic nitrogens is 2. The third-order valence-corrected chi connectivity index (χ3v) is 3.26. The lowest BCUT2D eigenvalue weighted by atomic mass is 10.1. The average Bonchev–Trinajstić information content (AvgIpc) is 2.42. The molecule has 106 valence electrons. The van der Waals surface area contributed by atoms with E-state index in [4.69, 9.17) is 11.6 Å². The Balaban J connectivity index is 2.28. The number of nitrogens with zero attached hydrogens (tertiary/aromatic N) is 2. The lowest BCUT2D eigenvalue weighted by Crippen LogP contribution is -2.21. The highest BCUT2D eigenvalue weighted by Gasteiger charge is 2.13. The molecule has 4 nitrogen and oxygen atoms in total. The third-order valence-electron chi connectivity index (χ3n) is 2.89. The fourth-order valence-electron chi connectivity index (χ4n) is 1.71. The largest absolute Gasteiger partial charge is 0.376 e. The van der Waals surface area contributed by atoms with E-state index in [1.54, 1.807) is 6.92 Å². The first-order valence-corrected chi connectivity index (χ1v) is 6.21. The quantitative estimate of drug-likeness (QED) is 0.948. The Morgan fingerprint density at radius 2 is 2.05 bits per heavy atom. The average molecular weight is 300 g/mol. The molecule has 0 amide bonds. The van der Waals surface area contributed by atoms with Crippen molar-refractivity contribution in [2.45, 2.75) is 13.0 Å². The van der Waals surface area contributed by atoms with Gasteiger partial charge < -0.3 is 5.32 Å². The summed E-state index contributed by atoms with van der Waals surface area (Å²) in [6, 6.07) is 3.23. The van der Waals surface area contributed by atoms with Gasteiger partial charge in [0.2, 0.25) is 0 Å². The second-order valence-electron chi connectivity index (χ2n) is 4.34. The summed E-state index contributed by atoms with van der Waals surface area (Å²) < 4.78 is 27.2. The van der Waals surface area contributed by atoms with Crippen molar-refractivity contribution in [1.82, 2.24) is 9.78 Å². The SMILES string of the molecule is C[C@@H](Nc1cnn(C)c(=O)c1Cl)c1ccc(F)c(F)c1. The van der Waals surface area contributed by atoms with Crippen molar-refractivity contribution in [1.29, 1.82) is 0 Å². The van der Waals surface area contributed by atoms with E-state index in [2.05, 4.69) is 10.4 Å². The van der Waals surface area contributed by atoms with Crippen LogP contribution in [0.3, 0.4) is 0 Å². The van der Waals surface area contributed by atoms with Gasteiger partial charge in [-0.15, -0.1) is 0 Å². The van der Waals surface area contributed by atoms with Gasteiger partial charge >= 0.3 is 0 Å². The molecule has 0 aliphatic carbocycles. The van der Waals surface area contributed by atoms with E-state index in [9.17, 15) is 13.6 Å². The van der Waals surface area contributed by atoms with Gasteiger partial charge in [-0.05, 0) is 24.6 Å². The Hall–Kier alpha value is -1.95. The van der Waals surface area contributed by atoms with Crippen molar-refractivity contribution in [3.05, 3.63) is 57.0 Å². The smallest absolute Gasteiger partial charge is 0.287 e. The van der Waals surface area contributed by atoms with Gasteiger partial charge in [-0.3, -0.25) is 4.79 Å². The van der Waals surface area contributed by atoms with Crippen LogP contribution < -0.4 is 10.9 Å². The molecular weight excluding hydrogens is 288 g/mol. The van der Waals surface area contributed by atoms with Gasteiger partial charge in [-0.25, -0.2) is 13.5 Å². The van der Waals surface area contributed by atoms with Gasteiger partial charge in [0, 0.05) is 13.1 Å². The second-order valence-corrected chi connectivity index (χ2v) is 4.72. The molecule has 0 unspecified atom stereocenters. The molecule has 0 aliphatic heterocycles. The highest BCUT2D eigenvalue weighted by atomic mass is 35.5. The Kier molecular flexibility index (Phi) is 4.04. The number of anilines is 1. The minimum Gasteiger partial charge on any atom is -0.376 e. The molecule has 0 spiro atoms. The molecular formula is C13H12ClF2N3O. The molecule has 20 heavy (non-hydrogen) atoms. The summed E-state index contributed by atoms with van der Waals surface area (Å²) in [5.41, 5.74) is 0.432. The first-order valence-electron chi connectivity index (χ1n) is 5.83. The first kappa shape index (κ1) is 14.5. The van der Waals surface area contributed by atoms with E-state index >= 15 is 0 Å². The second kappa shape index (κ2) is 5.58. The summed E-state index contributed by atoms with van der Waals surface area (Å²) in [6.07, 6.45) is 1.40. The molecule has 0 aliphatic rings. The molecule has 1 aromatic carbocycles. The number of hydrogen-bond acceptors (Lipinski definition) is 3. The number of nitrogens with one attached hydrogen (secondary N) is 1. The predicted molar refractivity (Wildman–Crippen MR) is 72.9 cm³/mol. The monoisotopic (exact) mass is 299 g/mol. The van der Waals surface area contributed by atoms with Crippen LogP contribution in [0.15, 0.2) is 29.2 Å². The summed E-state index contributed by atoms with van der Waals surface area (Å²) in [5.74, 6) is -1.83. The van der Waals surface area contributed by atoms with Crippen LogP contribution in [0, 0.1) is 11.6 Å². The maximum atomic E-state index is 13.2. The van der Waals surface area contributed by atoms with Crippen LogP contribution in [0.1, 0.15) is 18.5 Å². The third kappa shape index (κ3) is 2.80. The maximum Gasteiger partial charge on any atom is 0.287 e. The zero-order chi connectivity index (χ0) is 14.9. The zero-order valence-corrected chi connectivity index (χ0v) is 11.6. The lowest BCUT2D eigenvalue weighted by Gasteiger charge is -2.16. The van der Waals surface area contributed by atoms with Gasteiger partial charge in [0.1, 0.15) is 5.02 Å². The van der Waals surface area contributed by atoms with E-state index in [1.807, 2.05) is 0 Å². The Labute approximate surface area is 119 Å². The van der Waals surface area contributed by atoms with Crippen molar-refractivity contribution in [3.63, 3.8) is 0 Å². The fraction of sp³-hybridized carbons (Fsp3) is 0.231. The number of aryl methyl sites for hydroxylation is 1. The molecule has 1 heterocycles. The number of halogens is 3. The lowest BCUT2D eigenvalue weighted by molar-refractivity contribution is 0.506. The van der Waals surface area contributed by atoms with E-state index in [0.29, 0.717) is 11.3 Å². The highest BCUT2D eigenvalue weighted by Crippen LogP contribution is 2.23. The molecule has 7 heteroatoms. The van der Waals surface area contributed by atoms with E-state index in [0.717, 1.165) is 16.8 Å². The van der Waals surface area contributed by atoms with E-state index in [1.165, 1.54) is 19.3 Å². The number of rotatable bonds is 3. The van der Waals surface area contributed by atoms with Crippen LogP contribution in [0.4, 0.5) is 14.5 Å². The summed E-state index contributed by atoms with van der Waals surface area (Å²) in [4.78, 5) is 11.6. The maximum absolute atomic E-state index is 13.2. The molecule has 0 fully saturated rings. The molecule has 1 N–H and O–H groups in total. The van der Waals surface area contributed by atoms with Crippen LogP contribution >= 0.6 is 11.6 Å². The molecule has 1 atom stereocenters. The minimum absolute atomic E-state index is 0.00284. The van der Waals surface area contributed by atoms with Crippen LogP contribution in [0.25, 0.3) is 0 Å². The number of hydrogen-bond donors (Lipinski definition) is 1. The zero-order valence-electron chi connectivity index (χ0n) is 10.8. The van der Waals surface area contributed by atoms with Gasteiger partial charge in [0.15, 0.2) is 11.6 Å². The molecule has 2 rings (SSSR count). The van der Waals surface area contributed by atoms with Gasteiger partial charge in [-0.2, -0.15) is 5.10 Å². The van der Waals surface area contributed by atoms with Crippen molar-refractivity contribution < 1.29 is 8.78 Å². The predicted octanol–water partition coefficient (Wildman–Crippen LogP) is 2.89. The Morgan fingerprint density at radius 1 is 1.35 bits per heavy atom. The van der Waals surface area contributed by atoms with Gasteiger partial charge in [0.25, 0.3) is 5.56 Å². The Bertz CT molecular complexity index is 703. The highest BCUT2D eigenvalue weighted by molar-refractivity contribution is 6.32. The standard InChI is InChI=1S/C13H12ClF2N3O/c1-7(8-3-4-9(15)10(16)5-8)18-11-6-17-19(2)13(20)12(11)14/h3-7,18H,1-2H3/t7-/m1/s1.